The molecule has 2 unspecified atom stereocenters. The van der Waals surface area contributed by atoms with Crippen LogP contribution < -0.4 is 5.32 Å². The first-order valence-electron chi connectivity index (χ1n) is 7.76. The summed E-state index contributed by atoms with van der Waals surface area (Å²) in [7, 11) is 0. The Hall–Kier alpha value is -0.840. The minimum Gasteiger partial charge on any atom is -0.389 e. The molecule has 2 rings (SSSR count). The Morgan fingerprint density at radius 1 is 1.20 bits per heavy atom. The second-order valence-corrected chi connectivity index (χ2v) is 6.30. The monoisotopic (exact) mass is 279 g/mol. The van der Waals surface area contributed by atoms with Gasteiger partial charge >= 0.3 is 0 Å². The molecule has 0 aliphatic carbocycles. The lowest BCUT2D eigenvalue weighted by molar-refractivity contribution is 0.196. The van der Waals surface area contributed by atoms with Crippen LogP contribution in [0.3, 0.4) is 0 Å². The third kappa shape index (κ3) is 3.62. The van der Waals surface area contributed by atoms with Gasteiger partial charge in [0.1, 0.15) is 0 Å². The van der Waals surface area contributed by atoms with Crippen LogP contribution in [0.1, 0.15) is 36.8 Å². The van der Waals surface area contributed by atoms with Gasteiger partial charge in [-0.15, -0.1) is 0 Å². The molecule has 2 atom stereocenters. The van der Waals surface area contributed by atoms with Gasteiger partial charge in [0.2, 0.25) is 0 Å². The van der Waals surface area contributed by atoms with Gasteiger partial charge in [-0.2, -0.15) is 0 Å². The highest BCUT2D eigenvalue weighted by molar-refractivity contribution is 5.32. The summed E-state index contributed by atoms with van der Waals surface area (Å²) in [5, 5.41) is 13.3. The normalized spacial score (nSPS) is 20.1. The maximum atomic E-state index is 9.87. The van der Waals surface area contributed by atoms with Crippen molar-refractivity contribution in [1.29, 1.82) is 0 Å². The highest BCUT2D eigenvalue weighted by Gasteiger charge is 2.17. The molecule has 0 amide bonds. The Morgan fingerprint density at radius 2 is 1.85 bits per heavy atom. The lowest BCUT2D eigenvalue weighted by Crippen LogP contribution is -2.45. The molecule has 1 aliphatic rings. The number of hydrogen-bond donors (Lipinski definition) is 2. The lowest BCUT2D eigenvalue weighted by atomic mass is 10.1. The molecular formula is C16H29N3O. The minimum atomic E-state index is -0.375. The maximum absolute atomic E-state index is 9.87. The van der Waals surface area contributed by atoms with Crippen molar-refractivity contribution in [3.8, 4) is 0 Å². The molecule has 0 bridgehead atoms. The Kier molecular flexibility index (Phi) is 5.24. The van der Waals surface area contributed by atoms with Gasteiger partial charge in [-0.25, -0.2) is 0 Å². The van der Waals surface area contributed by atoms with Crippen molar-refractivity contribution >= 4 is 0 Å². The molecule has 1 aromatic rings. The van der Waals surface area contributed by atoms with Gasteiger partial charge in [0, 0.05) is 56.7 Å². The fourth-order valence-corrected chi connectivity index (χ4v) is 3.39. The highest BCUT2D eigenvalue weighted by atomic mass is 16.3. The van der Waals surface area contributed by atoms with Crippen LogP contribution in [0, 0.1) is 19.8 Å². The molecular weight excluding hydrogens is 250 g/mol. The summed E-state index contributed by atoms with van der Waals surface area (Å²) in [5.74, 6) is 0.625. The number of piperazine rings is 1. The third-order valence-corrected chi connectivity index (χ3v) is 4.30. The number of nitrogens with zero attached hydrogens (tertiary/aromatic N) is 2. The fourth-order valence-electron chi connectivity index (χ4n) is 3.39. The zero-order valence-electron chi connectivity index (χ0n) is 13.3. The van der Waals surface area contributed by atoms with Crippen LogP contribution in [0.2, 0.25) is 0 Å². The van der Waals surface area contributed by atoms with Gasteiger partial charge in [0.05, 0.1) is 6.10 Å². The number of aliphatic hydroxyl groups is 1. The van der Waals surface area contributed by atoms with Crippen molar-refractivity contribution in [3.63, 3.8) is 0 Å². The summed E-state index contributed by atoms with van der Waals surface area (Å²) in [6, 6.07) is 0. The molecule has 1 aromatic heterocycles. The molecule has 1 fully saturated rings. The van der Waals surface area contributed by atoms with Gasteiger partial charge in [0.15, 0.2) is 0 Å². The fraction of sp³-hybridized carbons (Fsp3) is 0.750. The molecule has 114 valence electrons. The maximum Gasteiger partial charge on any atom is 0.0781 e. The van der Waals surface area contributed by atoms with Crippen molar-refractivity contribution in [1.82, 2.24) is 14.8 Å². The largest absolute Gasteiger partial charge is 0.389 e. The summed E-state index contributed by atoms with van der Waals surface area (Å²) in [5.41, 5.74) is 3.51. The topological polar surface area (TPSA) is 40.4 Å². The first-order valence-corrected chi connectivity index (χ1v) is 7.76. The predicted octanol–water partition coefficient (Wildman–Crippen LogP) is 1.70. The minimum absolute atomic E-state index is 0.375. The van der Waals surface area contributed by atoms with E-state index in [0.717, 1.165) is 44.8 Å². The lowest BCUT2D eigenvalue weighted by Gasteiger charge is -2.30. The number of aromatic nitrogens is 1. The second kappa shape index (κ2) is 6.74. The molecule has 20 heavy (non-hydrogen) atoms. The van der Waals surface area contributed by atoms with E-state index in [9.17, 15) is 5.11 Å². The van der Waals surface area contributed by atoms with E-state index in [1.807, 2.05) is 6.92 Å². The number of rotatable bonds is 5. The number of aliphatic hydroxyl groups excluding tert-OH is 1. The standard InChI is InChI=1S/C16H29N3O/c1-12(9-18-7-5-17-6-8-18)10-19-11-13(2)16(14(19)3)15(4)20/h11-12,15,17,20H,5-10H2,1-4H3. The number of nitrogens with one attached hydrogen (secondary N) is 1. The zero-order valence-corrected chi connectivity index (χ0v) is 13.3. The first-order chi connectivity index (χ1) is 9.49. The van der Waals surface area contributed by atoms with E-state index in [4.69, 9.17) is 0 Å². The van der Waals surface area contributed by atoms with Crippen LogP contribution in [0.5, 0.6) is 0 Å². The van der Waals surface area contributed by atoms with E-state index < -0.39 is 0 Å². The Morgan fingerprint density at radius 3 is 2.40 bits per heavy atom. The average Bonchev–Trinajstić information content (AvgIpc) is 2.65. The van der Waals surface area contributed by atoms with E-state index in [-0.39, 0.29) is 6.10 Å². The predicted molar refractivity (Wildman–Crippen MR) is 83.0 cm³/mol. The molecule has 2 heterocycles. The summed E-state index contributed by atoms with van der Waals surface area (Å²) < 4.78 is 2.31. The molecule has 0 saturated carbocycles. The summed E-state index contributed by atoms with van der Waals surface area (Å²) in [6.45, 7) is 15.1. The van der Waals surface area contributed by atoms with Crippen LogP contribution in [0.25, 0.3) is 0 Å². The highest BCUT2D eigenvalue weighted by Crippen LogP contribution is 2.24. The van der Waals surface area contributed by atoms with Gasteiger partial charge < -0.3 is 19.9 Å². The van der Waals surface area contributed by atoms with E-state index in [1.165, 1.54) is 11.3 Å². The quantitative estimate of drug-likeness (QED) is 0.862. The Balaban J connectivity index is 1.97. The smallest absolute Gasteiger partial charge is 0.0781 e. The Bertz CT molecular complexity index is 433. The van der Waals surface area contributed by atoms with Crippen molar-refractivity contribution in [3.05, 3.63) is 23.0 Å². The van der Waals surface area contributed by atoms with E-state index in [0.29, 0.717) is 5.92 Å². The summed E-state index contributed by atoms with van der Waals surface area (Å²) in [4.78, 5) is 2.54. The number of hydrogen-bond acceptors (Lipinski definition) is 3. The van der Waals surface area contributed by atoms with Gasteiger partial charge in [0.25, 0.3) is 0 Å². The van der Waals surface area contributed by atoms with Gasteiger partial charge in [-0.05, 0) is 32.3 Å². The molecule has 4 nitrogen and oxygen atoms in total. The first kappa shape index (κ1) is 15.5. The van der Waals surface area contributed by atoms with Crippen molar-refractivity contribution in [2.75, 3.05) is 32.7 Å². The van der Waals surface area contributed by atoms with E-state index in [1.54, 1.807) is 0 Å². The molecule has 1 aliphatic heterocycles. The zero-order chi connectivity index (χ0) is 14.7. The van der Waals surface area contributed by atoms with Crippen molar-refractivity contribution < 1.29 is 5.11 Å². The average molecular weight is 279 g/mol. The third-order valence-electron chi connectivity index (χ3n) is 4.30. The van der Waals surface area contributed by atoms with E-state index >= 15 is 0 Å². The van der Waals surface area contributed by atoms with Crippen LogP contribution in [-0.2, 0) is 6.54 Å². The van der Waals surface area contributed by atoms with Crippen molar-refractivity contribution in [2.24, 2.45) is 5.92 Å². The van der Waals surface area contributed by atoms with Crippen molar-refractivity contribution in [2.45, 2.75) is 40.3 Å². The van der Waals surface area contributed by atoms with Crippen LogP contribution >= 0.6 is 0 Å². The SMILES string of the molecule is Cc1cn(CC(C)CN2CCNCC2)c(C)c1C(C)O. The van der Waals surface area contributed by atoms with Gasteiger partial charge in [-0.3, -0.25) is 0 Å². The van der Waals surface area contributed by atoms with Crippen LogP contribution in [0.15, 0.2) is 6.20 Å². The molecule has 0 radical (unpaired) electrons. The van der Waals surface area contributed by atoms with Crippen LogP contribution in [0.4, 0.5) is 0 Å². The molecule has 2 N–H and O–H groups in total. The van der Waals surface area contributed by atoms with Crippen LogP contribution in [-0.4, -0.2) is 47.3 Å². The molecule has 4 heteroatoms. The second-order valence-electron chi connectivity index (χ2n) is 6.30. The Labute approximate surface area is 122 Å². The van der Waals surface area contributed by atoms with Gasteiger partial charge in [-0.1, -0.05) is 6.92 Å². The molecule has 0 spiro atoms. The summed E-state index contributed by atoms with van der Waals surface area (Å²) >= 11 is 0. The van der Waals surface area contributed by atoms with E-state index in [2.05, 4.69) is 41.8 Å². The summed E-state index contributed by atoms with van der Waals surface area (Å²) in [6.07, 6.45) is 1.81. The number of aryl methyl sites for hydroxylation is 1. The molecule has 0 aromatic carbocycles. The molecule has 1 saturated heterocycles.